The van der Waals surface area contributed by atoms with Crippen molar-refractivity contribution in [1.29, 1.82) is 0 Å². The number of phenols is 1. The molecule has 0 unspecified atom stereocenters. The van der Waals surface area contributed by atoms with Crippen LogP contribution in [0.5, 0.6) is 23.0 Å². The Bertz CT molecular complexity index is 1240. The minimum Gasteiger partial charge on any atom is -0.507 e. The van der Waals surface area contributed by atoms with Gasteiger partial charge in [-0.1, -0.05) is 32.0 Å². The first-order chi connectivity index (χ1) is 18.3. The number of aromatic hydroxyl groups is 1. The summed E-state index contributed by atoms with van der Waals surface area (Å²) in [5, 5.41) is 10.9. The topological polar surface area (TPSA) is 77.2 Å². The van der Waals surface area contributed by atoms with Gasteiger partial charge in [-0.3, -0.25) is 0 Å². The van der Waals surface area contributed by atoms with Gasteiger partial charge in [-0.05, 0) is 79.6 Å². The number of ether oxygens (including phenoxy) is 3. The summed E-state index contributed by atoms with van der Waals surface area (Å²) >= 11 is 0. The number of hydrogen-bond donors (Lipinski definition) is 2. The van der Waals surface area contributed by atoms with Gasteiger partial charge in [0.1, 0.15) is 18.1 Å². The maximum atomic E-state index is 10.9. The molecule has 0 fully saturated rings. The van der Waals surface area contributed by atoms with Crippen LogP contribution in [0.1, 0.15) is 48.9 Å². The van der Waals surface area contributed by atoms with Crippen molar-refractivity contribution in [3.63, 3.8) is 0 Å². The number of nitrogens with two attached hydrogens (primary N) is 1. The Morgan fingerprint density at radius 2 is 1.74 bits per heavy atom. The maximum absolute atomic E-state index is 10.9. The Balaban J connectivity index is 1.62. The van der Waals surface area contributed by atoms with Gasteiger partial charge in [0.2, 0.25) is 0 Å². The molecule has 0 saturated heterocycles. The summed E-state index contributed by atoms with van der Waals surface area (Å²) in [6.07, 6.45) is 4.78. The molecule has 3 aromatic carbocycles. The molecule has 6 nitrogen and oxygen atoms in total. The molecule has 3 N–H and O–H groups in total. The third-order valence-corrected chi connectivity index (χ3v) is 7.32. The highest BCUT2D eigenvalue weighted by molar-refractivity contribution is 5.88. The second-order valence-corrected chi connectivity index (χ2v) is 10.7. The highest BCUT2D eigenvalue weighted by Gasteiger charge is 2.24. The molecule has 38 heavy (non-hydrogen) atoms. The molecule has 4 rings (SSSR count). The molecule has 1 aliphatic carbocycles. The van der Waals surface area contributed by atoms with E-state index in [9.17, 15) is 5.11 Å². The predicted molar refractivity (Wildman–Crippen MR) is 155 cm³/mol. The number of phenolic OH excluding ortho intramolecular Hbond substituents is 1. The molecule has 1 aliphatic rings. The van der Waals surface area contributed by atoms with Crippen LogP contribution in [0.3, 0.4) is 0 Å². The number of benzene rings is 3. The average molecular weight is 519 g/mol. The van der Waals surface area contributed by atoms with Crippen LogP contribution in [0.15, 0.2) is 42.5 Å². The second kappa shape index (κ2) is 12.4. The second-order valence-electron chi connectivity index (χ2n) is 10.7. The van der Waals surface area contributed by atoms with Crippen LogP contribution in [-0.4, -0.2) is 51.0 Å². The number of anilines is 1. The van der Waals surface area contributed by atoms with Crippen LogP contribution in [0.2, 0.25) is 0 Å². The lowest BCUT2D eigenvalue weighted by atomic mass is 9.84. The van der Waals surface area contributed by atoms with Crippen molar-refractivity contribution in [2.45, 2.75) is 46.0 Å². The fraction of sp³-hybridized carbons (Fsp3) is 0.438. The lowest BCUT2D eigenvalue weighted by Crippen LogP contribution is -2.27. The van der Waals surface area contributed by atoms with Crippen molar-refractivity contribution in [1.82, 2.24) is 4.90 Å². The van der Waals surface area contributed by atoms with Gasteiger partial charge in [0.05, 0.1) is 14.2 Å². The van der Waals surface area contributed by atoms with E-state index in [4.69, 9.17) is 19.9 Å². The van der Waals surface area contributed by atoms with E-state index in [-0.39, 0.29) is 5.75 Å². The first kappa shape index (κ1) is 27.6. The first-order valence-electron chi connectivity index (χ1n) is 13.6. The third kappa shape index (κ3) is 6.18. The summed E-state index contributed by atoms with van der Waals surface area (Å²) in [6, 6.07) is 13.8. The van der Waals surface area contributed by atoms with E-state index in [0.717, 1.165) is 66.8 Å². The number of nitrogen functional groups attached to an aromatic ring is 1. The Kier molecular flexibility index (Phi) is 9.05. The van der Waals surface area contributed by atoms with E-state index in [1.165, 1.54) is 11.1 Å². The van der Waals surface area contributed by atoms with Crippen LogP contribution in [0.25, 0.3) is 11.1 Å². The van der Waals surface area contributed by atoms with Crippen LogP contribution >= 0.6 is 0 Å². The largest absolute Gasteiger partial charge is 0.507 e. The van der Waals surface area contributed by atoms with Crippen molar-refractivity contribution < 1.29 is 19.3 Å². The van der Waals surface area contributed by atoms with Gasteiger partial charge in [0.25, 0.3) is 0 Å². The molecule has 6 heteroatoms. The zero-order valence-corrected chi connectivity index (χ0v) is 23.5. The molecule has 0 amide bonds. The van der Waals surface area contributed by atoms with Gasteiger partial charge in [0.15, 0.2) is 11.5 Å². The van der Waals surface area contributed by atoms with Gasteiger partial charge in [0, 0.05) is 41.9 Å². The molecular formula is C32H42N2O4. The van der Waals surface area contributed by atoms with Crippen LogP contribution in [0, 0.1) is 5.92 Å². The number of hydrogen-bond acceptors (Lipinski definition) is 6. The summed E-state index contributed by atoms with van der Waals surface area (Å²) in [4.78, 5) is 2.29. The van der Waals surface area contributed by atoms with Crippen LogP contribution in [-0.2, 0) is 19.3 Å². The van der Waals surface area contributed by atoms with Crippen LogP contribution in [0.4, 0.5) is 5.69 Å². The molecule has 0 saturated carbocycles. The molecule has 0 heterocycles. The van der Waals surface area contributed by atoms with Crippen molar-refractivity contribution in [2.24, 2.45) is 5.92 Å². The predicted octanol–water partition coefficient (Wildman–Crippen LogP) is 6.09. The van der Waals surface area contributed by atoms with Crippen molar-refractivity contribution in [3.8, 4) is 34.1 Å². The Labute approximate surface area is 227 Å². The number of nitrogens with zero attached hydrogens (tertiary/aromatic N) is 1. The minimum absolute atomic E-state index is 0.246. The standard InChI is InChI=1S/C32H42N2O4/c1-21(2)20-34(3)16-17-38-24-13-10-22(11-14-24)18-27-31(33)26(19-29(36-4)32(27)37-5)30-25-9-7-6-8-23(25)12-15-28(30)35/h10-15,19,21,35H,6-9,16-18,20,33H2,1-5H3. The summed E-state index contributed by atoms with van der Waals surface area (Å²) in [5.74, 6) is 2.95. The summed E-state index contributed by atoms with van der Waals surface area (Å²) in [7, 11) is 5.39. The Morgan fingerprint density at radius 1 is 1.00 bits per heavy atom. The number of methoxy groups -OCH3 is 2. The van der Waals surface area contributed by atoms with E-state index < -0.39 is 0 Å². The van der Waals surface area contributed by atoms with Crippen molar-refractivity contribution in [2.75, 3.05) is 46.7 Å². The molecule has 3 aromatic rings. The van der Waals surface area contributed by atoms with E-state index in [1.54, 1.807) is 20.3 Å². The smallest absolute Gasteiger partial charge is 0.166 e. The highest BCUT2D eigenvalue weighted by Crippen LogP contribution is 2.47. The first-order valence-corrected chi connectivity index (χ1v) is 13.6. The van der Waals surface area contributed by atoms with Gasteiger partial charge < -0.3 is 30.0 Å². The zero-order valence-electron chi connectivity index (χ0n) is 23.5. The van der Waals surface area contributed by atoms with E-state index >= 15 is 0 Å². The number of rotatable bonds is 11. The molecule has 0 aromatic heterocycles. The fourth-order valence-corrected chi connectivity index (χ4v) is 5.52. The quantitative estimate of drug-likeness (QED) is 0.299. The fourth-order valence-electron chi connectivity index (χ4n) is 5.52. The summed E-state index contributed by atoms with van der Waals surface area (Å²) < 4.78 is 17.5. The molecule has 0 aliphatic heterocycles. The zero-order chi connectivity index (χ0) is 27.2. The number of aryl methyl sites for hydroxylation is 1. The third-order valence-electron chi connectivity index (χ3n) is 7.32. The monoisotopic (exact) mass is 518 g/mol. The van der Waals surface area contributed by atoms with E-state index in [2.05, 4.69) is 37.9 Å². The lowest BCUT2D eigenvalue weighted by Gasteiger charge is -2.24. The lowest BCUT2D eigenvalue weighted by molar-refractivity contribution is 0.223. The van der Waals surface area contributed by atoms with Gasteiger partial charge in [-0.25, -0.2) is 0 Å². The van der Waals surface area contributed by atoms with E-state index in [1.807, 2.05) is 24.3 Å². The summed E-state index contributed by atoms with van der Waals surface area (Å²) in [6.45, 7) is 7.03. The van der Waals surface area contributed by atoms with Crippen molar-refractivity contribution >= 4 is 5.69 Å². The molecule has 204 valence electrons. The normalized spacial score (nSPS) is 13.0. The van der Waals surface area contributed by atoms with Crippen molar-refractivity contribution in [3.05, 3.63) is 64.7 Å². The van der Waals surface area contributed by atoms with Gasteiger partial charge >= 0.3 is 0 Å². The molecule has 0 atom stereocenters. The van der Waals surface area contributed by atoms with Gasteiger partial charge in [-0.15, -0.1) is 0 Å². The Morgan fingerprint density at radius 3 is 2.42 bits per heavy atom. The Hall–Kier alpha value is -3.38. The summed E-state index contributed by atoms with van der Waals surface area (Å²) in [5.41, 5.74) is 13.4. The number of fused-ring (bicyclic) bond motifs is 1. The molecule has 0 spiro atoms. The van der Waals surface area contributed by atoms with E-state index in [0.29, 0.717) is 36.1 Å². The average Bonchev–Trinajstić information content (AvgIpc) is 2.90. The molecular weight excluding hydrogens is 476 g/mol. The maximum Gasteiger partial charge on any atom is 0.166 e. The molecule has 0 radical (unpaired) electrons. The SMILES string of the molecule is COc1cc(-c2c(O)ccc3c2CCCC3)c(N)c(Cc2ccc(OCCN(C)CC(C)C)cc2)c1OC. The highest BCUT2D eigenvalue weighted by atomic mass is 16.5. The van der Waals surface area contributed by atoms with Crippen LogP contribution < -0.4 is 19.9 Å². The molecule has 0 bridgehead atoms. The van der Waals surface area contributed by atoms with Gasteiger partial charge in [-0.2, -0.15) is 0 Å². The minimum atomic E-state index is 0.246. The number of likely N-dealkylation sites (N-methyl/N-ethyl adjacent to an activating group) is 1.